The molecule has 0 radical (unpaired) electrons. The van der Waals surface area contributed by atoms with Crippen LogP contribution in [0.4, 0.5) is 4.39 Å². The topological polar surface area (TPSA) is 79.1 Å². The minimum atomic E-state index is -0.912. The first-order valence-corrected chi connectivity index (χ1v) is 16.6. The molecule has 2 heterocycles. The highest BCUT2D eigenvalue weighted by Gasteiger charge is 2.35. The zero-order valence-electron chi connectivity index (χ0n) is 25.2. The van der Waals surface area contributed by atoms with Crippen LogP contribution in [0, 0.1) is 5.82 Å². The van der Waals surface area contributed by atoms with Crippen LogP contribution in [0.5, 0.6) is 11.5 Å². The minimum absolute atomic E-state index is 0.125. The van der Waals surface area contributed by atoms with Crippen molar-refractivity contribution in [2.24, 2.45) is 4.99 Å². The van der Waals surface area contributed by atoms with Gasteiger partial charge in [0.15, 0.2) is 16.3 Å². The largest absolute Gasteiger partial charge is 0.493 e. The Balaban J connectivity index is 1.49. The number of hydrogen-bond donors (Lipinski definition) is 0. The number of halogens is 3. The van der Waals surface area contributed by atoms with E-state index >= 15 is 0 Å². The van der Waals surface area contributed by atoms with Gasteiger partial charge >= 0.3 is 5.97 Å². The molecular weight excluding hydrogens is 707 g/mol. The zero-order valence-corrected chi connectivity index (χ0v) is 28.4. The van der Waals surface area contributed by atoms with E-state index in [1.54, 1.807) is 37.3 Å². The van der Waals surface area contributed by atoms with E-state index in [4.69, 9.17) is 30.8 Å². The van der Waals surface area contributed by atoms with Crippen LogP contribution < -0.4 is 24.4 Å². The van der Waals surface area contributed by atoms with Gasteiger partial charge in [0.05, 0.1) is 40.0 Å². The summed E-state index contributed by atoms with van der Waals surface area (Å²) in [6.45, 7) is 2.06. The predicted octanol–water partition coefficient (Wildman–Crippen LogP) is 7.08. The number of ether oxygens (including phenoxy) is 3. The van der Waals surface area contributed by atoms with Crippen LogP contribution >= 0.6 is 38.9 Å². The van der Waals surface area contributed by atoms with Gasteiger partial charge in [-0.15, -0.1) is 0 Å². The number of esters is 1. The van der Waals surface area contributed by atoms with Crippen LogP contribution in [0.2, 0.25) is 5.02 Å². The van der Waals surface area contributed by atoms with Gasteiger partial charge in [0.25, 0.3) is 5.56 Å². The summed E-state index contributed by atoms with van der Waals surface area (Å²) in [5.41, 5.74) is 2.91. The average Bonchev–Trinajstić information content (AvgIpc) is 3.38. The molecule has 0 bridgehead atoms. The lowest BCUT2D eigenvalue weighted by Crippen LogP contribution is -2.40. The first-order chi connectivity index (χ1) is 22.8. The average molecular weight is 734 g/mol. The number of fused-ring (bicyclic) bond motifs is 1. The third kappa shape index (κ3) is 6.67. The lowest BCUT2D eigenvalue weighted by atomic mass is 9.93. The van der Waals surface area contributed by atoms with Crippen molar-refractivity contribution in [3.63, 3.8) is 0 Å². The predicted molar refractivity (Wildman–Crippen MR) is 184 cm³/mol. The van der Waals surface area contributed by atoms with Gasteiger partial charge in [-0.1, -0.05) is 83.6 Å². The molecule has 0 N–H and O–H groups in total. The number of rotatable bonds is 9. The quantitative estimate of drug-likeness (QED) is 0.152. The summed E-state index contributed by atoms with van der Waals surface area (Å²) >= 11 is 11.1. The zero-order chi connectivity index (χ0) is 33.1. The number of aromatic nitrogens is 1. The number of benzene rings is 4. The van der Waals surface area contributed by atoms with Gasteiger partial charge in [0.2, 0.25) is 0 Å². The fourth-order valence-corrected chi connectivity index (χ4v) is 7.05. The van der Waals surface area contributed by atoms with Crippen LogP contribution in [-0.4, -0.2) is 24.3 Å². The highest BCUT2D eigenvalue weighted by molar-refractivity contribution is 9.10. The van der Waals surface area contributed by atoms with Crippen LogP contribution in [0.25, 0.3) is 11.8 Å². The smallest absolute Gasteiger partial charge is 0.338 e. The van der Waals surface area contributed by atoms with Gasteiger partial charge in [-0.05, 0) is 70.4 Å². The molecule has 0 saturated heterocycles. The standard InChI is InChI=1S/C36H27BrClFN2O5S/c1-3-45-35(43)30-31(22-9-5-4-6-10-22)40-36-41(32(30)23-13-15-25(39)16-14-23)34(42)29(47-36)19-21-17-26(37)33(28(18-21)44-2)46-20-24-11-7-8-12-27(24)38/h4-19,32H,3,20H2,1-2H3/b29-19-/t32-/m1/s1. The molecule has 1 aromatic heterocycles. The van der Waals surface area contributed by atoms with Gasteiger partial charge in [0.1, 0.15) is 12.4 Å². The molecule has 11 heteroatoms. The molecule has 4 aromatic carbocycles. The first-order valence-electron chi connectivity index (χ1n) is 14.6. The molecule has 47 heavy (non-hydrogen) atoms. The molecule has 0 fully saturated rings. The Hall–Kier alpha value is -4.51. The Bertz CT molecular complexity index is 2180. The number of nitrogens with zero attached hydrogens (tertiary/aromatic N) is 2. The summed E-state index contributed by atoms with van der Waals surface area (Å²) in [6, 6.07) is 25.0. The third-order valence-corrected chi connectivity index (χ3v) is 9.38. The first kappa shape index (κ1) is 32.4. The van der Waals surface area contributed by atoms with Crippen LogP contribution in [0.3, 0.4) is 0 Å². The summed E-state index contributed by atoms with van der Waals surface area (Å²) in [4.78, 5) is 33.0. The maximum atomic E-state index is 14.2. The number of methoxy groups -OCH3 is 1. The molecule has 238 valence electrons. The van der Waals surface area contributed by atoms with Crippen molar-refractivity contribution in [2.45, 2.75) is 19.6 Å². The van der Waals surface area contributed by atoms with Crippen molar-refractivity contribution in [2.75, 3.05) is 13.7 Å². The fourth-order valence-electron chi connectivity index (χ4n) is 5.28. The summed E-state index contributed by atoms with van der Waals surface area (Å²) < 4.78 is 33.7. The summed E-state index contributed by atoms with van der Waals surface area (Å²) in [7, 11) is 1.53. The Kier molecular flexibility index (Phi) is 9.72. The lowest BCUT2D eigenvalue weighted by Gasteiger charge is -2.25. The number of hydrogen-bond acceptors (Lipinski definition) is 7. The van der Waals surface area contributed by atoms with Crippen LogP contribution in [0.1, 0.15) is 35.2 Å². The van der Waals surface area contributed by atoms with E-state index in [1.165, 1.54) is 35.1 Å². The second kappa shape index (κ2) is 14.1. The molecule has 0 amide bonds. The van der Waals surface area contributed by atoms with Crippen molar-refractivity contribution >= 4 is 56.6 Å². The Morgan fingerprint density at radius 3 is 2.49 bits per heavy atom. The van der Waals surface area contributed by atoms with E-state index < -0.39 is 17.8 Å². The molecule has 0 saturated carbocycles. The van der Waals surface area contributed by atoms with Gasteiger partial charge in [-0.3, -0.25) is 9.36 Å². The maximum Gasteiger partial charge on any atom is 0.338 e. The van der Waals surface area contributed by atoms with Gasteiger partial charge in [-0.2, -0.15) is 0 Å². The lowest BCUT2D eigenvalue weighted by molar-refractivity contribution is -0.138. The molecule has 6 rings (SSSR count). The number of carbonyl (C=O) groups excluding carboxylic acids is 1. The second-order valence-corrected chi connectivity index (χ2v) is 12.7. The normalized spacial score (nSPS) is 14.4. The van der Waals surface area contributed by atoms with E-state index in [9.17, 15) is 14.0 Å². The second-order valence-electron chi connectivity index (χ2n) is 10.4. The van der Waals surface area contributed by atoms with Crippen molar-refractivity contribution in [1.82, 2.24) is 4.57 Å². The SMILES string of the molecule is CCOC(=O)C1=C(c2ccccc2)N=c2s/c(=C\c3cc(Br)c(OCc4ccccc4Cl)c(OC)c3)c(=O)n2[C@@H]1c1ccc(F)cc1. The molecule has 1 aliphatic heterocycles. The Morgan fingerprint density at radius 2 is 1.79 bits per heavy atom. The van der Waals surface area contributed by atoms with Gasteiger partial charge in [-0.25, -0.2) is 14.2 Å². The van der Waals surface area contributed by atoms with Crippen molar-refractivity contribution in [3.8, 4) is 11.5 Å². The Morgan fingerprint density at radius 1 is 1.06 bits per heavy atom. The van der Waals surface area contributed by atoms with Crippen molar-refractivity contribution in [1.29, 1.82) is 0 Å². The molecule has 0 unspecified atom stereocenters. The monoisotopic (exact) mass is 732 g/mol. The van der Waals surface area contributed by atoms with E-state index in [0.29, 0.717) is 52.7 Å². The van der Waals surface area contributed by atoms with E-state index in [1.807, 2.05) is 54.6 Å². The van der Waals surface area contributed by atoms with Crippen LogP contribution in [-0.2, 0) is 16.1 Å². The molecule has 7 nitrogen and oxygen atoms in total. The molecule has 1 atom stereocenters. The summed E-state index contributed by atoms with van der Waals surface area (Å²) in [5.74, 6) is -0.121. The Labute approximate surface area is 287 Å². The van der Waals surface area contributed by atoms with Gasteiger partial charge in [0, 0.05) is 16.1 Å². The highest BCUT2D eigenvalue weighted by atomic mass is 79.9. The van der Waals surface area contributed by atoms with Crippen LogP contribution in [0.15, 0.2) is 111 Å². The number of carbonyl (C=O) groups is 1. The number of thiazole rings is 1. The fraction of sp³-hybridized carbons (Fsp3) is 0.139. The molecule has 0 aliphatic carbocycles. The van der Waals surface area contributed by atoms with Crippen molar-refractivity contribution < 1.29 is 23.4 Å². The molecule has 5 aromatic rings. The molecule has 0 spiro atoms. The van der Waals surface area contributed by atoms with E-state index in [-0.39, 0.29) is 24.3 Å². The summed E-state index contributed by atoms with van der Waals surface area (Å²) in [6.07, 6.45) is 1.73. The van der Waals surface area contributed by atoms with E-state index in [2.05, 4.69) is 15.9 Å². The van der Waals surface area contributed by atoms with E-state index in [0.717, 1.165) is 5.56 Å². The summed E-state index contributed by atoms with van der Waals surface area (Å²) in [5, 5.41) is 0.593. The minimum Gasteiger partial charge on any atom is -0.493 e. The van der Waals surface area contributed by atoms with Gasteiger partial charge < -0.3 is 14.2 Å². The molecule has 1 aliphatic rings. The van der Waals surface area contributed by atoms with Crippen molar-refractivity contribution in [3.05, 3.63) is 154 Å². The molecular formula is C36H27BrClFN2O5S. The third-order valence-electron chi connectivity index (χ3n) is 7.44. The maximum absolute atomic E-state index is 14.2. The highest BCUT2D eigenvalue weighted by Crippen LogP contribution is 2.38.